The first kappa shape index (κ1) is 20.2. The molecule has 0 nitrogen and oxygen atoms in total. The van der Waals surface area contributed by atoms with Crippen molar-refractivity contribution in [2.24, 2.45) is 0 Å². The average molecular weight is 456 g/mol. The second-order valence-electron chi connectivity index (χ2n) is 7.17. The van der Waals surface area contributed by atoms with Crippen molar-refractivity contribution in [1.29, 1.82) is 0 Å². The van der Waals surface area contributed by atoms with E-state index in [1.807, 2.05) is 0 Å². The molecule has 4 rings (SSSR count). The molecule has 0 bridgehead atoms. The van der Waals surface area contributed by atoms with Crippen molar-refractivity contribution in [3.8, 4) is 0 Å². The summed E-state index contributed by atoms with van der Waals surface area (Å²) in [5.74, 6) is 0. The number of hydrogen-bond acceptors (Lipinski definition) is 0. The molecule has 144 valence electrons. The summed E-state index contributed by atoms with van der Waals surface area (Å²) >= 11 is -1.42. The van der Waals surface area contributed by atoms with Gasteiger partial charge in [-0.3, -0.25) is 0 Å². The van der Waals surface area contributed by atoms with E-state index in [0.29, 0.717) is 4.71 Å². The van der Waals surface area contributed by atoms with E-state index >= 15 is 0 Å². The first-order valence-corrected chi connectivity index (χ1v) is 14.6. The van der Waals surface area contributed by atoms with Gasteiger partial charge in [-0.05, 0) is 0 Å². The number of rotatable bonds is 7. The third kappa shape index (κ3) is 5.08. The van der Waals surface area contributed by atoms with E-state index in [2.05, 4.69) is 128 Å². The zero-order chi connectivity index (χ0) is 19.9. The summed E-state index contributed by atoms with van der Waals surface area (Å²) in [4.78, 5) is 0. The molecular formula is C27H26AsP. The van der Waals surface area contributed by atoms with Crippen molar-refractivity contribution in [2.75, 3.05) is 6.16 Å². The van der Waals surface area contributed by atoms with Gasteiger partial charge in [0, 0.05) is 0 Å². The maximum atomic E-state index is 2.49. The Balaban J connectivity index is 1.70. The topological polar surface area (TPSA) is 0 Å². The van der Waals surface area contributed by atoms with Gasteiger partial charge in [-0.25, -0.2) is 0 Å². The van der Waals surface area contributed by atoms with Crippen LogP contribution in [0.2, 0.25) is 4.71 Å². The van der Waals surface area contributed by atoms with Gasteiger partial charge in [-0.1, -0.05) is 0 Å². The Bertz CT molecular complexity index is 909. The molecule has 0 aliphatic rings. The van der Waals surface area contributed by atoms with E-state index in [-0.39, 0.29) is 7.92 Å². The monoisotopic (exact) mass is 456 g/mol. The van der Waals surface area contributed by atoms with Gasteiger partial charge < -0.3 is 0 Å². The quantitative estimate of drug-likeness (QED) is 0.276. The average Bonchev–Trinajstić information content (AvgIpc) is 2.80. The van der Waals surface area contributed by atoms with Gasteiger partial charge in [0.25, 0.3) is 0 Å². The number of benzene rings is 4. The van der Waals surface area contributed by atoms with Crippen molar-refractivity contribution in [3.63, 3.8) is 0 Å². The first-order chi connectivity index (χ1) is 14.3. The molecule has 0 amide bonds. The Morgan fingerprint density at radius 2 is 0.897 bits per heavy atom. The van der Waals surface area contributed by atoms with Gasteiger partial charge in [0.05, 0.1) is 0 Å². The Labute approximate surface area is 180 Å². The second-order valence-corrected chi connectivity index (χ2v) is 15.0. The predicted molar refractivity (Wildman–Crippen MR) is 131 cm³/mol. The molecule has 0 aromatic heterocycles. The molecule has 0 heterocycles. The van der Waals surface area contributed by atoms with Crippen LogP contribution in [0.3, 0.4) is 0 Å². The van der Waals surface area contributed by atoms with Gasteiger partial charge in [-0.2, -0.15) is 0 Å². The molecule has 0 saturated carbocycles. The molecule has 0 fully saturated rings. The standard InChI is InChI=1S/C27H26AsP/c1-23(28(24-14-6-2-7-15-24)25-16-8-3-9-17-25)22-29(26-18-10-4-11-19-26)27-20-12-5-13-21-27/h2-21,23H,22H2,1H3/t23-/m0/s1. The summed E-state index contributed by atoms with van der Waals surface area (Å²) in [6.45, 7) is 2.49. The van der Waals surface area contributed by atoms with E-state index < -0.39 is 14.7 Å². The molecule has 0 aliphatic heterocycles. The Morgan fingerprint density at radius 1 is 0.552 bits per heavy atom. The van der Waals surface area contributed by atoms with Crippen LogP contribution in [0.25, 0.3) is 0 Å². The van der Waals surface area contributed by atoms with E-state index in [0.717, 1.165) is 0 Å². The normalized spacial score (nSPS) is 12.2. The van der Waals surface area contributed by atoms with Crippen LogP contribution in [0.1, 0.15) is 6.92 Å². The fourth-order valence-electron chi connectivity index (χ4n) is 3.76. The third-order valence-electron chi connectivity index (χ3n) is 5.09. The van der Waals surface area contributed by atoms with Gasteiger partial charge in [0.1, 0.15) is 0 Å². The summed E-state index contributed by atoms with van der Waals surface area (Å²) in [6.07, 6.45) is 1.23. The van der Waals surface area contributed by atoms with Crippen LogP contribution in [-0.4, -0.2) is 20.8 Å². The van der Waals surface area contributed by atoms with Crippen LogP contribution in [0, 0.1) is 0 Å². The van der Waals surface area contributed by atoms with Crippen molar-refractivity contribution < 1.29 is 0 Å². The molecule has 2 heteroatoms. The first-order valence-electron chi connectivity index (χ1n) is 10.1. The van der Waals surface area contributed by atoms with Gasteiger partial charge in [0.15, 0.2) is 0 Å². The number of hydrogen-bond donors (Lipinski definition) is 0. The minimum atomic E-state index is -1.42. The zero-order valence-electron chi connectivity index (χ0n) is 16.7. The van der Waals surface area contributed by atoms with Gasteiger partial charge >= 0.3 is 181 Å². The molecule has 0 spiro atoms. The molecule has 0 unspecified atom stereocenters. The third-order valence-corrected chi connectivity index (χ3v) is 14.3. The minimum absolute atomic E-state index is 0.367. The molecule has 29 heavy (non-hydrogen) atoms. The van der Waals surface area contributed by atoms with Crippen LogP contribution >= 0.6 is 7.92 Å². The summed E-state index contributed by atoms with van der Waals surface area (Å²) in [5, 5.41) is 2.96. The molecule has 4 aromatic carbocycles. The van der Waals surface area contributed by atoms with E-state index in [1.54, 1.807) is 8.70 Å². The molecule has 0 saturated heterocycles. The van der Waals surface area contributed by atoms with Crippen molar-refractivity contribution >= 4 is 41.9 Å². The SMILES string of the molecule is C[C@@H](CP(c1ccccc1)c1ccccc1)[As](c1ccccc1)c1ccccc1. The molecule has 1 atom stereocenters. The summed E-state index contributed by atoms with van der Waals surface area (Å²) in [6, 6.07) is 44.7. The zero-order valence-corrected chi connectivity index (χ0v) is 19.5. The van der Waals surface area contributed by atoms with Crippen LogP contribution in [0.15, 0.2) is 121 Å². The molecule has 0 radical (unpaired) electrons. The van der Waals surface area contributed by atoms with Gasteiger partial charge in [0.2, 0.25) is 0 Å². The van der Waals surface area contributed by atoms with Crippen molar-refractivity contribution in [1.82, 2.24) is 0 Å². The fraction of sp³-hybridized carbons (Fsp3) is 0.111. The molecular weight excluding hydrogens is 430 g/mol. The van der Waals surface area contributed by atoms with Crippen LogP contribution < -0.4 is 19.3 Å². The Kier molecular flexibility index (Phi) is 6.99. The predicted octanol–water partition coefficient (Wildman–Crippen LogP) is 4.82. The summed E-state index contributed by atoms with van der Waals surface area (Å²) in [5.41, 5.74) is 0. The second kappa shape index (κ2) is 10.1. The van der Waals surface area contributed by atoms with Crippen LogP contribution in [-0.2, 0) is 0 Å². The molecule has 0 N–H and O–H groups in total. The maximum absolute atomic E-state index is 2.49. The Hall–Kier alpha value is -2.13. The molecule has 0 aliphatic carbocycles. The van der Waals surface area contributed by atoms with Gasteiger partial charge in [-0.15, -0.1) is 0 Å². The summed E-state index contributed by atoms with van der Waals surface area (Å²) < 4.78 is 3.77. The van der Waals surface area contributed by atoms with Crippen molar-refractivity contribution in [3.05, 3.63) is 121 Å². The van der Waals surface area contributed by atoms with E-state index in [1.165, 1.54) is 16.8 Å². The van der Waals surface area contributed by atoms with Crippen LogP contribution in [0.5, 0.6) is 0 Å². The van der Waals surface area contributed by atoms with Crippen molar-refractivity contribution in [2.45, 2.75) is 11.6 Å². The Morgan fingerprint density at radius 3 is 1.28 bits per heavy atom. The fourth-order valence-corrected chi connectivity index (χ4v) is 13.1. The van der Waals surface area contributed by atoms with E-state index in [9.17, 15) is 0 Å². The van der Waals surface area contributed by atoms with Crippen LogP contribution in [0.4, 0.5) is 0 Å². The summed E-state index contributed by atoms with van der Waals surface area (Å²) in [7, 11) is -0.367. The molecule has 4 aromatic rings. The van der Waals surface area contributed by atoms with E-state index in [4.69, 9.17) is 0 Å².